The molecule has 1 aromatic carbocycles. The Morgan fingerprint density at radius 2 is 2.07 bits per heavy atom. The van der Waals surface area contributed by atoms with Crippen LogP contribution in [0.25, 0.3) is 0 Å². The van der Waals surface area contributed by atoms with Crippen molar-refractivity contribution in [2.75, 3.05) is 19.8 Å². The Kier molecular flexibility index (Phi) is 3.03. The molecule has 0 saturated heterocycles. The summed E-state index contributed by atoms with van der Waals surface area (Å²) in [6.07, 6.45) is 3.41. The predicted molar refractivity (Wildman–Crippen MR) is 68.1 cm³/mol. The first-order chi connectivity index (χ1) is 7.09. The molecule has 1 aliphatic rings. The standard InChI is InChI=1S/C12H17BrN2/c1-15(2)8-3-4-9-10(7-8)11(13)5-6-12(9)14/h5-6,8H,3-4,7,14H2,1-2H3. The van der Waals surface area contributed by atoms with Crippen molar-refractivity contribution in [2.45, 2.75) is 25.3 Å². The van der Waals surface area contributed by atoms with Crippen LogP contribution < -0.4 is 5.73 Å². The summed E-state index contributed by atoms with van der Waals surface area (Å²) in [7, 11) is 4.30. The van der Waals surface area contributed by atoms with Crippen LogP contribution in [0.5, 0.6) is 0 Å². The van der Waals surface area contributed by atoms with Gasteiger partial charge in [-0.2, -0.15) is 0 Å². The number of halogens is 1. The third-order valence-electron chi connectivity index (χ3n) is 3.31. The number of rotatable bonds is 1. The summed E-state index contributed by atoms with van der Waals surface area (Å²) in [6.45, 7) is 0. The van der Waals surface area contributed by atoms with Crippen molar-refractivity contribution in [3.05, 3.63) is 27.7 Å². The highest BCUT2D eigenvalue weighted by Crippen LogP contribution is 2.33. The molecular weight excluding hydrogens is 252 g/mol. The van der Waals surface area contributed by atoms with E-state index in [1.165, 1.54) is 22.0 Å². The van der Waals surface area contributed by atoms with Crippen LogP contribution in [0, 0.1) is 0 Å². The highest BCUT2D eigenvalue weighted by molar-refractivity contribution is 9.10. The molecule has 0 aliphatic heterocycles. The van der Waals surface area contributed by atoms with Crippen LogP contribution in [0.4, 0.5) is 5.69 Å². The number of nitrogens with zero attached hydrogens (tertiary/aromatic N) is 1. The molecule has 1 atom stereocenters. The number of nitrogen functional groups attached to an aromatic ring is 1. The van der Waals surface area contributed by atoms with Crippen LogP contribution in [0.2, 0.25) is 0 Å². The van der Waals surface area contributed by atoms with Gasteiger partial charge in [0.15, 0.2) is 0 Å². The maximum absolute atomic E-state index is 6.00. The van der Waals surface area contributed by atoms with Gasteiger partial charge in [0.05, 0.1) is 0 Å². The van der Waals surface area contributed by atoms with E-state index in [4.69, 9.17) is 5.73 Å². The zero-order valence-electron chi connectivity index (χ0n) is 9.26. The molecule has 0 saturated carbocycles. The Bertz CT molecular complexity index is 374. The van der Waals surface area contributed by atoms with Crippen molar-refractivity contribution in [1.29, 1.82) is 0 Å². The third-order valence-corrected chi connectivity index (χ3v) is 4.05. The molecule has 2 nitrogen and oxygen atoms in total. The summed E-state index contributed by atoms with van der Waals surface area (Å²) in [5, 5.41) is 0. The lowest BCUT2D eigenvalue weighted by molar-refractivity contribution is 0.268. The van der Waals surface area contributed by atoms with Gasteiger partial charge in [0.2, 0.25) is 0 Å². The van der Waals surface area contributed by atoms with Crippen LogP contribution >= 0.6 is 15.9 Å². The normalized spacial score (nSPS) is 20.4. The van der Waals surface area contributed by atoms with Gasteiger partial charge < -0.3 is 10.6 Å². The van der Waals surface area contributed by atoms with Crippen LogP contribution in [-0.4, -0.2) is 25.0 Å². The van der Waals surface area contributed by atoms with Gasteiger partial charge in [-0.05, 0) is 56.6 Å². The van der Waals surface area contributed by atoms with Gasteiger partial charge in [-0.25, -0.2) is 0 Å². The van der Waals surface area contributed by atoms with E-state index in [0.29, 0.717) is 6.04 Å². The van der Waals surface area contributed by atoms with E-state index in [-0.39, 0.29) is 0 Å². The molecule has 1 aliphatic carbocycles. The summed E-state index contributed by atoms with van der Waals surface area (Å²) < 4.78 is 1.21. The molecule has 0 amide bonds. The Balaban J connectivity index is 2.36. The fourth-order valence-corrected chi connectivity index (χ4v) is 2.82. The topological polar surface area (TPSA) is 29.3 Å². The highest BCUT2D eigenvalue weighted by Gasteiger charge is 2.23. The molecule has 1 unspecified atom stereocenters. The van der Waals surface area contributed by atoms with Crippen LogP contribution in [-0.2, 0) is 12.8 Å². The van der Waals surface area contributed by atoms with Gasteiger partial charge in [-0.15, -0.1) is 0 Å². The molecule has 2 rings (SSSR count). The Labute approximate surface area is 99.6 Å². The SMILES string of the molecule is CN(C)C1CCc2c(N)ccc(Br)c2C1. The molecule has 82 valence electrons. The van der Waals surface area contributed by atoms with Gasteiger partial charge in [0.25, 0.3) is 0 Å². The third kappa shape index (κ3) is 2.04. The maximum Gasteiger partial charge on any atom is 0.0350 e. The minimum atomic E-state index is 0.649. The Morgan fingerprint density at radius 1 is 1.33 bits per heavy atom. The Hall–Kier alpha value is -0.540. The fourth-order valence-electron chi connectivity index (χ4n) is 2.29. The van der Waals surface area contributed by atoms with Crippen LogP contribution in [0.15, 0.2) is 16.6 Å². The number of anilines is 1. The second kappa shape index (κ2) is 4.14. The number of fused-ring (bicyclic) bond motifs is 1. The largest absolute Gasteiger partial charge is 0.398 e. The van der Waals surface area contributed by atoms with Crippen LogP contribution in [0.1, 0.15) is 17.5 Å². The lowest BCUT2D eigenvalue weighted by atomic mass is 9.87. The first-order valence-corrected chi connectivity index (χ1v) is 6.11. The average molecular weight is 269 g/mol. The summed E-state index contributed by atoms with van der Waals surface area (Å²) in [4.78, 5) is 2.30. The molecule has 0 aromatic heterocycles. The van der Waals surface area contributed by atoms with Crippen molar-refractivity contribution < 1.29 is 0 Å². The van der Waals surface area contributed by atoms with E-state index < -0.39 is 0 Å². The molecule has 0 spiro atoms. The van der Waals surface area contributed by atoms with E-state index in [2.05, 4.69) is 41.0 Å². The number of nitrogens with two attached hydrogens (primary N) is 1. The zero-order chi connectivity index (χ0) is 11.0. The summed E-state index contributed by atoms with van der Waals surface area (Å²) in [5.74, 6) is 0. The highest BCUT2D eigenvalue weighted by atomic mass is 79.9. The Morgan fingerprint density at radius 3 is 2.73 bits per heavy atom. The first kappa shape index (κ1) is 11.0. The molecular formula is C12H17BrN2. The van der Waals surface area contributed by atoms with E-state index in [0.717, 1.165) is 18.5 Å². The quantitative estimate of drug-likeness (QED) is 0.793. The van der Waals surface area contributed by atoms with Gasteiger partial charge in [-0.1, -0.05) is 15.9 Å². The fraction of sp³-hybridized carbons (Fsp3) is 0.500. The maximum atomic E-state index is 6.00. The lowest BCUT2D eigenvalue weighted by Crippen LogP contribution is -2.33. The van der Waals surface area contributed by atoms with E-state index in [1.807, 2.05) is 6.07 Å². The monoisotopic (exact) mass is 268 g/mol. The molecule has 0 radical (unpaired) electrons. The van der Waals surface area contributed by atoms with Gasteiger partial charge in [-0.3, -0.25) is 0 Å². The van der Waals surface area contributed by atoms with Crippen molar-refractivity contribution in [1.82, 2.24) is 4.90 Å². The molecule has 2 N–H and O–H groups in total. The number of hydrogen-bond acceptors (Lipinski definition) is 2. The summed E-state index contributed by atoms with van der Waals surface area (Å²) in [5.41, 5.74) is 9.70. The summed E-state index contributed by atoms with van der Waals surface area (Å²) in [6, 6.07) is 4.71. The minimum absolute atomic E-state index is 0.649. The van der Waals surface area contributed by atoms with Gasteiger partial charge in [0.1, 0.15) is 0 Å². The van der Waals surface area contributed by atoms with E-state index in [9.17, 15) is 0 Å². The smallest absolute Gasteiger partial charge is 0.0350 e. The molecule has 3 heteroatoms. The minimum Gasteiger partial charge on any atom is -0.398 e. The predicted octanol–water partition coefficient (Wildman–Crippen LogP) is 2.45. The molecule has 0 bridgehead atoms. The molecule has 1 aromatic rings. The van der Waals surface area contributed by atoms with Crippen LogP contribution in [0.3, 0.4) is 0 Å². The zero-order valence-corrected chi connectivity index (χ0v) is 10.8. The van der Waals surface area contributed by atoms with Crippen molar-refractivity contribution >= 4 is 21.6 Å². The van der Waals surface area contributed by atoms with E-state index >= 15 is 0 Å². The average Bonchev–Trinajstić information content (AvgIpc) is 2.23. The molecule has 15 heavy (non-hydrogen) atoms. The second-order valence-corrected chi connectivity index (χ2v) is 5.31. The summed E-state index contributed by atoms with van der Waals surface area (Å²) >= 11 is 3.62. The number of benzene rings is 1. The first-order valence-electron chi connectivity index (χ1n) is 5.31. The molecule has 0 heterocycles. The second-order valence-electron chi connectivity index (χ2n) is 4.45. The lowest BCUT2D eigenvalue weighted by Gasteiger charge is -2.31. The van der Waals surface area contributed by atoms with Crippen molar-refractivity contribution in [3.8, 4) is 0 Å². The van der Waals surface area contributed by atoms with Gasteiger partial charge in [0, 0.05) is 16.2 Å². The van der Waals surface area contributed by atoms with Crippen molar-refractivity contribution in [3.63, 3.8) is 0 Å². The number of hydrogen-bond donors (Lipinski definition) is 1. The van der Waals surface area contributed by atoms with E-state index in [1.54, 1.807) is 0 Å². The molecule has 0 fully saturated rings. The number of likely N-dealkylation sites (N-methyl/N-ethyl adjacent to an activating group) is 1. The van der Waals surface area contributed by atoms with Crippen molar-refractivity contribution in [2.24, 2.45) is 0 Å². The van der Waals surface area contributed by atoms with Gasteiger partial charge >= 0.3 is 0 Å².